The van der Waals surface area contributed by atoms with Gasteiger partial charge in [0.1, 0.15) is 0 Å². The molecule has 1 unspecified atom stereocenters. The molecule has 0 aliphatic carbocycles. The maximum Gasteiger partial charge on any atom is 0.299 e. The van der Waals surface area contributed by atoms with Crippen molar-refractivity contribution in [3.8, 4) is 0 Å². The third-order valence-corrected chi connectivity index (χ3v) is 4.24. The van der Waals surface area contributed by atoms with Gasteiger partial charge in [0, 0.05) is 24.3 Å². The summed E-state index contributed by atoms with van der Waals surface area (Å²) in [5.74, 6) is 0.119. The summed E-state index contributed by atoms with van der Waals surface area (Å²) >= 11 is 1.61. The third kappa shape index (κ3) is 2.28. The van der Waals surface area contributed by atoms with Gasteiger partial charge >= 0.3 is 0 Å². The number of ketones is 1. The number of likely N-dealkylation sites (N-methyl/N-ethyl adjacent to an activating group) is 1. The molecule has 5 heteroatoms. The average Bonchev–Trinajstić information content (AvgIpc) is 2.61. The van der Waals surface area contributed by atoms with E-state index in [2.05, 4.69) is 0 Å². The number of Topliss-reactive ketones (excluding diaryl/α,β-unsaturated/α-hetero) is 1. The Balaban J connectivity index is 2.19. The molecule has 18 heavy (non-hydrogen) atoms. The molecule has 0 bridgehead atoms. The maximum absolute atomic E-state index is 11.6. The summed E-state index contributed by atoms with van der Waals surface area (Å²) in [6.07, 6.45) is 0. The number of thioether (sulfide) groups is 1. The quantitative estimate of drug-likeness (QED) is 0.663. The van der Waals surface area contributed by atoms with Crippen molar-refractivity contribution >= 4 is 29.1 Å². The Morgan fingerprint density at radius 3 is 2.78 bits per heavy atom. The minimum Gasteiger partial charge on any atom is -0.396 e. The van der Waals surface area contributed by atoms with E-state index in [1.54, 1.807) is 24.9 Å². The molecule has 4 nitrogen and oxygen atoms in total. The van der Waals surface area contributed by atoms with Gasteiger partial charge in [0.2, 0.25) is 0 Å². The lowest BCUT2D eigenvalue weighted by Crippen LogP contribution is -2.24. The summed E-state index contributed by atoms with van der Waals surface area (Å²) in [6, 6.07) is 5.40. The van der Waals surface area contributed by atoms with Gasteiger partial charge < -0.3 is 10.0 Å². The number of rotatable bonds is 4. The number of carbonyl (C=O) groups is 2. The van der Waals surface area contributed by atoms with Gasteiger partial charge in [0.05, 0.1) is 11.3 Å². The van der Waals surface area contributed by atoms with Gasteiger partial charge in [0.25, 0.3) is 11.7 Å². The van der Waals surface area contributed by atoms with Gasteiger partial charge in [-0.3, -0.25) is 9.59 Å². The van der Waals surface area contributed by atoms with E-state index in [1.165, 1.54) is 4.90 Å². The Morgan fingerprint density at radius 1 is 1.39 bits per heavy atom. The maximum atomic E-state index is 11.6. The van der Waals surface area contributed by atoms with Crippen LogP contribution in [0.15, 0.2) is 23.1 Å². The van der Waals surface area contributed by atoms with E-state index >= 15 is 0 Å². The molecule has 1 aliphatic rings. The Kier molecular flexibility index (Phi) is 3.73. The minimum absolute atomic E-state index is 0.162. The van der Waals surface area contributed by atoms with Crippen LogP contribution < -0.4 is 4.90 Å². The number of anilines is 1. The Hall–Kier alpha value is -1.33. The second-order valence-electron chi connectivity index (χ2n) is 4.47. The van der Waals surface area contributed by atoms with Crippen LogP contribution in [0.3, 0.4) is 0 Å². The first-order chi connectivity index (χ1) is 8.54. The SMILES string of the molecule is CC(CO)CSc1ccc2c(c1)N(C)C(=O)C2=O. The van der Waals surface area contributed by atoms with Gasteiger partial charge in [-0.05, 0) is 24.1 Å². The zero-order valence-corrected chi connectivity index (χ0v) is 11.2. The second-order valence-corrected chi connectivity index (χ2v) is 5.56. The molecule has 1 aromatic carbocycles. The number of amides is 1. The first-order valence-corrected chi connectivity index (χ1v) is 6.73. The highest BCUT2D eigenvalue weighted by atomic mass is 32.2. The van der Waals surface area contributed by atoms with Crippen LogP contribution >= 0.6 is 11.8 Å². The van der Waals surface area contributed by atoms with Crippen molar-refractivity contribution < 1.29 is 14.7 Å². The van der Waals surface area contributed by atoms with Crippen molar-refractivity contribution in [1.29, 1.82) is 0 Å². The number of nitrogens with zero attached hydrogens (tertiary/aromatic N) is 1. The van der Waals surface area contributed by atoms with Crippen LogP contribution in [-0.2, 0) is 4.79 Å². The van der Waals surface area contributed by atoms with Gasteiger partial charge in [-0.1, -0.05) is 6.92 Å². The normalized spacial score (nSPS) is 16.1. The van der Waals surface area contributed by atoms with Crippen molar-refractivity contribution in [2.45, 2.75) is 11.8 Å². The van der Waals surface area contributed by atoms with Crippen molar-refractivity contribution in [3.63, 3.8) is 0 Å². The third-order valence-electron chi connectivity index (χ3n) is 2.92. The molecule has 0 saturated carbocycles. The first kappa shape index (κ1) is 13.1. The molecule has 1 heterocycles. The molecule has 0 radical (unpaired) electrons. The summed E-state index contributed by atoms with van der Waals surface area (Å²) in [7, 11) is 1.61. The van der Waals surface area contributed by atoms with Crippen LogP contribution in [0.2, 0.25) is 0 Å². The topological polar surface area (TPSA) is 57.6 Å². The molecule has 96 valence electrons. The molecule has 0 saturated heterocycles. The monoisotopic (exact) mass is 265 g/mol. The van der Waals surface area contributed by atoms with E-state index in [1.807, 2.05) is 19.1 Å². The van der Waals surface area contributed by atoms with Gasteiger partial charge in [-0.25, -0.2) is 0 Å². The summed E-state index contributed by atoms with van der Waals surface area (Å²) in [5.41, 5.74) is 1.15. The van der Waals surface area contributed by atoms with Crippen LogP contribution in [0.5, 0.6) is 0 Å². The Morgan fingerprint density at radius 2 is 2.11 bits per heavy atom. The van der Waals surface area contributed by atoms with Crippen LogP contribution in [0.4, 0.5) is 5.69 Å². The minimum atomic E-state index is -0.476. The smallest absolute Gasteiger partial charge is 0.299 e. The lowest BCUT2D eigenvalue weighted by molar-refractivity contribution is -0.114. The predicted octanol–water partition coefficient (Wildman–Crippen LogP) is 1.57. The highest BCUT2D eigenvalue weighted by molar-refractivity contribution is 7.99. The molecule has 0 aromatic heterocycles. The molecule has 1 N–H and O–H groups in total. The molecule has 1 atom stereocenters. The van der Waals surface area contributed by atoms with E-state index in [4.69, 9.17) is 5.11 Å². The van der Waals surface area contributed by atoms with E-state index < -0.39 is 11.7 Å². The molecule has 0 spiro atoms. The highest BCUT2D eigenvalue weighted by Gasteiger charge is 2.33. The number of benzene rings is 1. The number of hydrogen-bond acceptors (Lipinski definition) is 4. The summed E-state index contributed by atoms with van der Waals surface area (Å²) < 4.78 is 0. The van der Waals surface area contributed by atoms with Crippen LogP contribution in [0.1, 0.15) is 17.3 Å². The first-order valence-electron chi connectivity index (χ1n) is 5.74. The largest absolute Gasteiger partial charge is 0.396 e. The zero-order valence-electron chi connectivity index (χ0n) is 10.3. The van der Waals surface area contributed by atoms with Crippen LogP contribution in [0, 0.1) is 5.92 Å². The van der Waals surface area contributed by atoms with E-state index in [9.17, 15) is 9.59 Å². The van der Waals surface area contributed by atoms with Crippen molar-refractivity contribution in [2.24, 2.45) is 5.92 Å². The standard InChI is InChI=1S/C13H15NO3S/c1-8(6-15)7-18-9-3-4-10-11(5-9)14(2)13(17)12(10)16/h3-5,8,15H,6-7H2,1-2H3. The fourth-order valence-corrected chi connectivity index (χ4v) is 2.68. The molecular formula is C13H15NO3S. The molecule has 2 rings (SSSR count). The van der Waals surface area contributed by atoms with Crippen molar-refractivity contribution in [1.82, 2.24) is 0 Å². The molecular weight excluding hydrogens is 250 g/mol. The van der Waals surface area contributed by atoms with Crippen molar-refractivity contribution in [3.05, 3.63) is 23.8 Å². The number of aliphatic hydroxyl groups excluding tert-OH is 1. The fourth-order valence-electron chi connectivity index (χ4n) is 1.74. The molecule has 0 fully saturated rings. The zero-order chi connectivity index (χ0) is 13.3. The average molecular weight is 265 g/mol. The number of fused-ring (bicyclic) bond motifs is 1. The van der Waals surface area contributed by atoms with Crippen LogP contribution in [0.25, 0.3) is 0 Å². The van der Waals surface area contributed by atoms with E-state index in [0.717, 1.165) is 10.6 Å². The van der Waals surface area contributed by atoms with Gasteiger partial charge in [0.15, 0.2) is 0 Å². The number of carbonyl (C=O) groups excluding carboxylic acids is 2. The predicted molar refractivity (Wildman–Crippen MR) is 71.2 cm³/mol. The lowest BCUT2D eigenvalue weighted by atomic mass is 10.1. The number of aliphatic hydroxyl groups is 1. The van der Waals surface area contributed by atoms with E-state index in [0.29, 0.717) is 11.3 Å². The number of hydrogen-bond donors (Lipinski definition) is 1. The van der Waals surface area contributed by atoms with Gasteiger partial charge in [-0.2, -0.15) is 0 Å². The molecule has 1 amide bonds. The Bertz CT molecular complexity index is 501. The molecule has 1 aromatic rings. The summed E-state index contributed by atoms with van der Waals surface area (Å²) in [6.45, 7) is 2.13. The van der Waals surface area contributed by atoms with Crippen molar-refractivity contribution in [2.75, 3.05) is 24.3 Å². The Labute approximate surface area is 110 Å². The molecule has 1 aliphatic heterocycles. The summed E-state index contributed by atoms with van der Waals surface area (Å²) in [5, 5.41) is 8.97. The van der Waals surface area contributed by atoms with Crippen LogP contribution in [-0.4, -0.2) is 36.2 Å². The summed E-state index contributed by atoms with van der Waals surface area (Å²) in [4.78, 5) is 25.5. The highest BCUT2D eigenvalue weighted by Crippen LogP contribution is 2.32. The fraction of sp³-hybridized carbons (Fsp3) is 0.385. The van der Waals surface area contributed by atoms with E-state index in [-0.39, 0.29) is 12.5 Å². The van der Waals surface area contributed by atoms with Gasteiger partial charge in [-0.15, -0.1) is 11.8 Å². The lowest BCUT2D eigenvalue weighted by Gasteiger charge is -2.11. The second kappa shape index (κ2) is 5.12.